The first-order valence-corrected chi connectivity index (χ1v) is 9.39. The molecular formula is C18H17N3O6S. The van der Waals surface area contributed by atoms with Crippen molar-refractivity contribution in [2.75, 3.05) is 6.61 Å². The Labute approximate surface area is 163 Å². The van der Waals surface area contributed by atoms with Crippen molar-refractivity contribution in [2.45, 2.75) is 26.2 Å². The molecule has 2 N–H and O–H groups in total. The first kappa shape index (κ1) is 19.5. The van der Waals surface area contributed by atoms with Gasteiger partial charge in [-0.25, -0.2) is 4.79 Å². The second-order valence-electron chi connectivity index (χ2n) is 6.07. The van der Waals surface area contributed by atoms with Crippen LogP contribution in [0.15, 0.2) is 24.3 Å². The number of non-ortho nitro benzene ring substituents is 1. The van der Waals surface area contributed by atoms with Crippen molar-refractivity contribution in [3.8, 4) is 0 Å². The summed E-state index contributed by atoms with van der Waals surface area (Å²) in [6.45, 7) is 1.68. The highest BCUT2D eigenvalue weighted by molar-refractivity contribution is 7.14. The molecule has 1 heterocycles. The number of carbonyl (C=O) groups is 3. The summed E-state index contributed by atoms with van der Waals surface area (Å²) in [7, 11) is 0. The van der Waals surface area contributed by atoms with Gasteiger partial charge in [0.25, 0.3) is 17.5 Å². The molecule has 0 aliphatic heterocycles. The molecule has 28 heavy (non-hydrogen) atoms. The van der Waals surface area contributed by atoms with E-state index in [1.807, 2.05) is 0 Å². The van der Waals surface area contributed by atoms with Crippen LogP contribution in [0, 0.1) is 10.1 Å². The van der Waals surface area contributed by atoms with Gasteiger partial charge in [-0.1, -0.05) is 0 Å². The highest BCUT2D eigenvalue weighted by Crippen LogP contribution is 2.30. The normalized spacial score (nSPS) is 12.2. The smallest absolute Gasteiger partial charge is 0.338 e. The lowest BCUT2D eigenvalue weighted by Crippen LogP contribution is -2.41. The molecule has 0 saturated carbocycles. The van der Waals surface area contributed by atoms with Crippen molar-refractivity contribution >= 4 is 34.8 Å². The van der Waals surface area contributed by atoms with Gasteiger partial charge in [-0.2, -0.15) is 0 Å². The van der Waals surface area contributed by atoms with Crippen LogP contribution >= 0.6 is 11.3 Å². The summed E-state index contributed by atoms with van der Waals surface area (Å²) in [5, 5.41) is 11.1. The maximum Gasteiger partial charge on any atom is 0.338 e. The molecule has 1 aromatic carbocycles. The quantitative estimate of drug-likeness (QED) is 0.448. The number of aryl methyl sites for hydroxylation is 2. The number of amides is 2. The number of nitrogens with zero attached hydrogens (tertiary/aromatic N) is 1. The van der Waals surface area contributed by atoms with E-state index in [0.29, 0.717) is 4.88 Å². The number of esters is 1. The second kappa shape index (κ2) is 8.17. The second-order valence-corrected chi connectivity index (χ2v) is 7.20. The van der Waals surface area contributed by atoms with Crippen LogP contribution in [0.4, 0.5) is 5.69 Å². The van der Waals surface area contributed by atoms with Crippen LogP contribution in [0.3, 0.4) is 0 Å². The van der Waals surface area contributed by atoms with E-state index >= 15 is 0 Å². The highest BCUT2D eigenvalue weighted by atomic mass is 32.1. The van der Waals surface area contributed by atoms with Crippen LogP contribution in [0.25, 0.3) is 0 Å². The maximum atomic E-state index is 12.3. The summed E-state index contributed by atoms with van der Waals surface area (Å²) in [4.78, 5) is 48.4. The first-order chi connectivity index (χ1) is 13.4. The standard InChI is InChI=1S/C18H17N3O6S/c1-2-27-18(24)12-6-11(7-13(8-12)21(25)26)16(22)19-20-17(23)15-9-10-4-3-5-14(10)28-15/h6-9H,2-5H2,1H3,(H,19,22)(H,20,23). The van der Waals surface area contributed by atoms with Crippen molar-refractivity contribution < 1.29 is 24.0 Å². The van der Waals surface area contributed by atoms with E-state index in [4.69, 9.17) is 4.74 Å². The number of benzene rings is 1. The van der Waals surface area contributed by atoms with E-state index in [9.17, 15) is 24.5 Å². The van der Waals surface area contributed by atoms with Gasteiger partial charge in [0.15, 0.2) is 0 Å². The van der Waals surface area contributed by atoms with Gasteiger partial charge in [0.1, 0.15) is 0 Å². The molecule has 1 aliphatic rings. The number of fused-ring (bicyclic) bond motifs is 1. The van der Waals surface area contributed by atoms with Gasteiger partial charge in [0.05, 0.1) is 22.0 Å². The Morgan fingerprint density at radius 1 is 1.11 bits per heavy atom. The molecule has 0 spiro atoms. The lowest BCUT2D eigenvalue weighted by atomic mass is 10.1. The Balaban J connectivity index is 1.72. The van der Waals surface area contributed by atoms with Crippen molar-refractivity contribution in [1.82, 2.24) is 10.9 Å². The zero-order chi connectivity index (χ0) is 20.3. The molecule has 0 saturated heterocycles. The van der Waals surface area contributed by atoms with Gasteiger partial charge in [-0.3, -0.25) is 30.6 Å². The number of hydrogen-bond acceptors (Lipinski definition) is 7. The fourth-order valence-electron chi connectivity index (χ4n) is 2.87. The molecule has 0 unspecified atom stereocenters. The number of carbonyl (C=O) groups excluding carboxylic acids is 3. The molecule has 10 heteroatoms. The van der Waals surface area contributed by atoms with Crippen LogP contribution < -0.4 is 10.9 Å². The molecule has 1 aliphatic carbocycles. The molecule has 0 bridgehead atoms. The molecule has 2 aromatic rings. The number of nitro groups is 1. The number of rotatable bonds is 5. The molecule has 1 aromatic heterocycles. The fraction of sp³-hybridized carbons (Fsp3) is 0.278. The maximum absolute atomic E-state index is 12.3. The first-order valence-electron chi connectivity index (χ1n) is 8.58. The van der Waals surface area contributed by atoms with E-state index in [0.717, 1.165) is 37.0 Å². The summed E-state index contributed by atoms with van der Waals surface area (Å²) in [5.74, 6) is -2.03. The lowest BCUT2D eigenvalue weighted by molar-refractivity contribution is -0.384. The number of ether oxygens (including phenoxy) is 1. The van der Waals surface area contributed by atoms with Crippen molar-refractivity contribution in [3.63, 3.8) is 0 Å². The molecule has 3 rings (SSSR count). The topological polar surface area (TPSA) is 128 Å². The van der Waals surface area contributed by atoms with E-state index in [2.05, 4.69) is 10.9 Å². The minimum Gasteiger partial charge on any atom is -0.462 e. The van der Waals surface area contributed by atoms with Crippen molar-refractivity contribution in [1.29, 1.82) is 0 Å². The third kappa shape index (κ3) is 4.17. The predicted octanol–water partition coefficient (Wildman–Crippen LogP) is 2.40. The third-order valence-electron chi connectivity index (χ3n) is 4.16. The van der Waals surface area contributed by atoms with Gasteiger partial charge >= 0.3 is 5.97 Å². The third-order valence-corrected chi connectivity index (χ3v) is 5.40. The van der Waals surface area contributed by atoms with Crippen molar-refractivity contribution in [2.24, 2.45) is 0 Å². The van der Waals surface area contributed by atoms with Gasteiger partial charge in [0.2, 0.25) is 0 Å². The summed E-state index contributed by atoms with van der Waals surface area (Å²) in [5.41, 5.74) is 4.96. The van der Waals surface area contributed by atoms with E-state index in [1.165, 1.54) is 22.3 Å². The van der Waals surface area contributed by atoms with Crippen LogP contribution in [-0.2, 0) is 17.6 Å². The minimum absolute atomic E-state index is 0.0872. The van der Waals surface area contributed by atoms with Crippen LogP contribution in [0.5, 0.6) is 0 Å². The predicted molar refractivity (Wildman–Crippen MR) is 100 cm³/mol. The van der Waals surface area contributed by atoms with E-state index in [1.54, 1.807) is 13.0 Å². The average Bonchev–Trinajstić information content (AvgIpc) is 3.27. The summed E-state index contributed by atoms with van der Waals surface area (Å²) >= 11 is 1.38. The van der Waals surface area contributed by atoms with Gasteiger partial charge in [-0.05, 0) is 43.9 Å². The van der Waals surface area contributed by atoms with Gasteiger partial charge in [0, 0.05) is 22.6 Å². The van der Waals surface area contributed by atoms with Gasteiger partial charge in [-0.15, -0.1) is 11.3 Å². The molecule has 0 radical (unpaired) electrons. The molecular weight excluding hydrogens is 386 g/mol. The molecule has 146 valence electrons. The van der Waals surface area contributed by atoms with Crippen LogP contribution in [0.1, 0.15) is 54.2 Å². The van der Waals surface area contributed by atoms with Crippen molar-refractivity contribution in [3.05, 3.63) is 60.8 Å². The lowest BCUT2D eigenvalue weighted by Gasteiger charge is -2.08. The Hall–Kier alpha value is -3.27. The fourth-order valence-corrected chi connectivity index (χ4v) is 4.02. The summed E-state index contributed by atoms with van der Waals surface area (Å²) in [6.07, 6.45) is 2.97. The Morgan fingerprint density at radius 3 is 2.50 bits per heavy atom. The van der Waals surface area contributed by atoms with Gasteiger partial charge < -0.3 is 4.74 Å². The monoisotopic (exact) mass is 403 g/mol. The zero-order valence-corrected chi connectivity index (χ0v) is 15.8. The number of hydrogen-bond donors (Lipinski definition) is 2. The summed E-state index contributed by atoms with van der Waals surface area (Å²) in [6, 6.07) is 5.03. The SMILES string of the molecule is CCOC(=O)c1cc(C(=O)NNC(=O)c2cc3c(s2)CCC3)cc([N+](=O)[O-])c1. The minimum atomic E-state index is -0.785. The Morgan fingerprint density at radius 2 is 1.82 bits per heavy atom. The van der Waals surface area contributed by atoms with Crippen LogP contribution in [0.2, 0.25) is 0 Å². The molecule has 0 fully saturated rings. The highest BCUT2D eigenvalue weighted by Gasteiger charge is 2.21. The number of hydrazine groups is 1. The molecule has 2 amide bonds. The average molecular weight is 403 g/mol. The van der Waals surface area contributed by atoms with Crippen LogP contribution in [-0.4, -0.2) is 29.3 Å². The Kier molecular flexibility index (Phi) is 5.69. The largest absolute Gasteiger partial charge is 0.462 e. The summed E-state index contributed by atoms with van der Waals surface area (Å²) < 4.78 is 4.82. The van der Waals surface area contributed by atoms with E-state index < -0.39 is 28.4 Å². The molecule has 0 atom stereocenters. The number of thiophene rings is 1. The molecule has 9 nitrogen and oxygen atoms in total. The zero-order valence-electron chi connectivity index (χ0n) is 14.9. The Bertz CT molecular complexity index is 947. The number of nitro benzene ring substituents is 1. The van der Waals surface area contributed by atoms with E-state index in [-0.39, 0.29) is 17.7 Å². The number of nitrogens with one attached hydrogen (secondary N) is 2.